The Bertz CT molecular complexity index is 773. The molecule has 4 heteroatoms. The molecule has 2 amide bonds. The molecule has 0 radical (unpaired) electrons. The molecule has 1 heterocycles. The summed E-state index contributed by atoms with van der Waals surface area (Å²) in [7, 11) is 0. The van der Waals surface area contributed by atoms with Crippen molar-refractivity contribution in [1.82, 2.24) is 15.6 Å². The van der Waals surface area contributed by atoms with Crippen molar-refractivity contribution in [3.05, 3.63) is 36.0 Å². The predicted octanol–water partition coefficient (Wildman–Crippen LogP) is 4.23. The lowest BCUT2D eigenvalue weighted by atomic mass is 9.49. The number of urea groups is 1. The van der Waals surface area contributed by atoms with Crippen molar-refractivity contribution in [2.75, 3.05) is 13.1 Å². The van der Waals surface area contributed by atoms with Gasteiger partial charge in [0, 0.05) is 30.2 Å². The van der Waals surface area contributed by atoms with Gasteiger partial charge in [-0.15, -0.1) is 0 Å². The zero-order chi connectivity index (χ0) is 17.6. The van der Waals surface area contributed by atoms with Crippen LogP contribution in [0, 0.1) is 23.2 Å². The minimum absolute atomic E-state index is 0.000543. The zero-order valence-electron chi connectivity index (χ0n) is 15.4. The van der Waals surface area contributed by atoms with E-state index in [1.807, 2.05) is 6.07 Å². The molecule has 4 fully saturated rings. The number of carbonyl (C=O) groups is 1. The van der Waals surface area contributed by atoms with Crippen LogP contribution in [0.2, 0.25) is 0 Å². The topological polar surface area (TPSA) is 56.9 Å². The Morgan fingerprint density at radius 1 is 1.04 bits per heavy atom. The van der Waals surface area contributed by atoms with Crippen LogP contribution < -0.4 is 10.6 Å². The van der Waals surface area contributed by atoms with Crippen LogP contribution in [0.4, 0.5) is 4.79 Å². The van der Waals surface area contributed by atoms with Crippen LogP contribution in [0.15, 0.2) is 30.5 Å². The molecule has 1 aromatic carbocycles. The van der Waals surface area contributed by atoms with Gasteiger partial charge in [0.2, 0.25) is 0 Å². The Labute approximate surface area is 155 Å². The molecule has 3 N–H and O–H groups in total. The summed E-state index contributed by atoms with van der Waals surface area (Å²) in [5, 5.41) is 7.51. The van der Waals surface area contributed by atoms with E-state index < -0.39 is 0 Å². The Kier molecular flexibility index (Phi) is 3.95. The third-order valence-electron chi connectivity index (χ3n) is 7.14. The minimum atomic E-state index is 0.000543. The Morgan fingerprint density at radius 2 is 1.73 bits per heavy atom. The van der Waals surface area contributed by atoms with Crippen LogP contribution in [0.1, 0.15) is 44.1 Å². The van der Waals surface area contributed by atoms with Gasteiger partial charge in [-0.2, -0.15) is 0 Å². The number of para-hydroxylation sites is 1. The maximum absolute atomic E-state index is 12.3. The van der Waals surface area contributed by atoms with Crippen LogP contribution in [0.5, 0.6) is 0 Å². The molecular weight excluding hydrogens is 322 g/mol. The van der Waals surface area contributed by atoms with E-state index in [1.165, 1.54) is 49.5 Å². The smallest absolute Gasteiger partial charge is 0.314 e. The molecular formula is C22H29N3O. The second-order valence-electron chi connectivity index (χ2n) is 9.14. The third-order valence-corrected chi connectivity index (χ3v) is 7.14. The SMILES string of the molecule is O=C(NCCc1c[nH]c2ccccc12)NCC12CC3CC(CC(C3)C1)C2. The molecule has 0 unspecified atom stereocenters. The van der Waals surface area contributed by atoms with Crippen LogP contribution in [0.3, 0.4) is 0 Å². The summed E-state index contributed by atoms with van der Waals surface area (Å²) in [5.41, 5.74) is 2.83. The monoisotopic (exact) mass is 351 g/mol. The van der Waals surface area contributed by atoms with Crippen molar-refractivity contribution < 1.29 is 4.79 Å². The van der Waals surface area contributed by atoms with Crippen molar-refractivity contribution in [3.63, 3.8) is 0 Å². The average Bonchev–Trinajstić information content (AvgIpc) is 3.02. The quantitative estimate of drug-likeness (QED) is 0.742. The van der Waals surface area contributed by atoms with Crippen molar-refractivity contribution in [2.24, 2.45) is 23.2 Å². The maximum atomic E-state index is 12.3. The van der Waals surface area contributed by atoms with E-state index in [-0.39, 0.29) is 6.03 Å². The van der Waals surface area contributed by atoms with Gasteiger partial charge in [-0.25, -0.2) is 4.79 Å². The van der Waals surface area contributed by atoms with Crippen molar-refractivity contribution in [1.29, 1.82) is 0 Å². The van der Waals surface area contributed by atoms with Gasteiger partial charge in [0.05, 0.1) is 0 Å². The summed E-state index contributed by atoms with van der Waals surface area (Å²) in [6.45, 7) is 1.55. The normalized spacial score (nSPS) is 32.1. The summed E-state index contributed by atoms with van der Waals surface area (Å²) in [6, 6.07) is 8.32. The molecule has 138 valence electrons. The molecule has 0 aliphatic heterocycles. The number of benzene rings is 1. The van der Waals surface area contributed by atoms with Gasteiger partial charge in [0.1, 0.15) is 0 Å². The van der Waals surface area contributed by atoms with E-state index in [0.29, 0.717) is 12.0 Å². The molecule has 4 nitrogen and oxygen atoms in total. The number of hydrogen-bond acceptors (Lipinski definition) is 1. The lowest BCUT2D eigenvalue weighted by Crippen LogP contribution is -2.52. The molecule has 0 spiro atoms. The number of rotatable bonds is 5. The first-order chi connectivity index (χ1) is 12.7. The number of fused-ring (bicyclic) bond motifs is 1. The van der Waals surface area contributed by atoms with Crippen molar-refractivity contribution in [3.8, 4) is 0 Å². The van der Waals surface area contributed by atoms with Crippen LogP contribution in [-0.4, -0.2) is 24.1 Å². The van der Waals surface area contributed by atoms with E-state index in [2.05, 4.69) is 40.0 Å². The number of H-pyrrole nitrogens is 1. The zero-order valence-corrected chi connectivity index (χ0v) is 15.4. The van der Waals surface area contributed by atoms with E-state index >= 15 is 0 Å². The fraction of sp³-hybridized carbons (Fsp3) is 0.591. The van der Waals surface area contributed by atoms with Crippen LogP contribution in [-0.2, 0) is 6.42 Å². The van der Waals surface area contributed by atoms with E-state index in [9.17, 15) is 4.79 Å². The summed E-state index contributed by atoms with van der Waals surface area (Å²) in [5.74, 6) is 2.81. The number of carbonyl (C=O) groups excluding carboxylic acids is 1. The first-order valence-corrected chi connectivity index (χ1v) is 10.3. The van der Waals surface area contributed by atoms with Crippen molar-refractivity contribution >= 4 is 16.9 Å². The van der Waals surface area contributed by atoms with Gasteiger partial charge in [0.25, 0.3) is 0 Å². The Hall–Kier alpha value is -1.97. The van der Waals surface area contributed by atoms with Crippen molar-refractivity contribution in [2.45, 2.75) is 44.9 Å². The Morgan fingerprint density at radius 3 is 2.46 bits per heavy atom. The first kappa shape index (κ1) is 16.2. The number of aromatic amines is 1. The number of aromatic nitrogens is 1. The molecule has 4 bridgehead atoms. The van der Waals surface area contributed by atoms with Gasteiger partial charge >= 0.3 is 6.03 Å². The van der Waals surface area contributed by atoms with E-state index in [0.717, 1.165) is 36.2 Å². The Balaban J connectivity index is 1.12. The second kappa shape index (κ2) is 6.33. The van der Waals surface area contributed by atoms with E-state index in [1.54, 1.807) is 0 Å². The maximum Gasteiger partial charge on any atom is 0.314 e. The highest BCUT2D eigenvalue weighted by Gasteiger charge is 2.50. The largest absolute Gasteiger partial charge is 0.361 e. The molecule has 0 saturated heterocycles. The fourth-order valence-electron chi connectivity index (χ4n) is 6.49. The highest BCUT2D eigenvalue weighted by Crippen LogP contribution is 2.59. The molecule has 4 saturated carbocycles. The molecule has 4 aliphatic rings. The number of nitrogens with one attached hydrogen (secondary N) is 3. The second-order valence-corrected chi connectivity index (χ2v) is 9.14. The third kappa shape index (κ3) is 3.00. The van der Waals surface area contributed by atoms with Gasteiger partial charge in [-0.05, 0) is 79.7 Å². The van der Waals surface area contributed by atoms with Gasteiger partial charge in [-0.1, -0.05) is 18.2 Å². The van der Waals surface area contributed by atoms with Crippen LogP contribution >= 0.6 is 0 Å². The number of amides is 2. The summed E-state index contributed by atoms with van der Waals surface area (Å²) < 4.78 is 0. The summed E-state index contributed by atoms with van der Waals surface area (Å²) >= 11 is 0. The predicted molar refractivity (Wildman–Crippen MR) is 104 cm³/mol. The molecule has 4 aliphatic carbocycles. The molecule has 1 aromatic heterocycles. The number of hydrogen-bond donors (Lipinski definition) is 3. The molecule has 0 atom stereocenters. The highest BCUT2D eigenvalue weighted by atomic mass is 16.2. The standard InChI is InChI=1S/C22H29N3O/c26-21(23-6-5-18-13-24-20-4-2-1-3-19(18)20)25-14-22-10-15-7-16(11-22)9-17(8-15)12-22/h1-4,13,15-17,24H,5-12,14H2,(H2,23,25,26). The summed E-state index contributed by atoms with van der Waals surface area (Å²) in [6.07, 6.45) is 11.3. The highest BCUT2D eigenvalue weighted by molar-refractivity contribution is 5.83. The molecule has 6 rings (SSSR count). The van der Waals surface area contributed by atoms with E-state index in [4.69, 9.17) is 0 Å². The average molecular weight is 351 g/mol. The first-order valence-electron chi connectivity index (χ1n) is 10.3. The van der Waals surface area contributed by atoms with Gasteiger partial charge < -0.3 is 15.6 Å². The fourth-order valence-corrected chi connectivity index (χ4v) is 6.49. The van der Waals surface area contributed by atoms with Crippen LogP contribution in [0.25, 0.3) is 10.9 Å². The van der Waals surface area contributed by atoms with Gasteiger partial charge in [0.15, 0.2) is 0 Å². The lowest BCUT2D eigenvalue weighted by Gasteiger charge is -2.56. The lowest BCUT2D eigenvalue weighted by molar-refractivity contribution is -0.0498. The van der Waals surface area contributed by atoms with Gasteiger partial charge in [-0.3, -0.25) is 0 Å². The minimum Gasteiger partial charge on any atom is -0.361 e. The molecule has 2 aromatic rings. The molecule has 26 heavy (non-hydrogen) atoms. The summed E-state index contributed by atoms with van der Waals surface area (Å²) in [4.78, 5) is 15.6.